The molecule has 98 valence electrons. The highest BCUT2D eigenvalue weighted by molar-refractivity contribution is 9.10. The Morgan fingerprint density at radius 3 is 2.94 bits per heavy atom. The fourth-order valence-corrected chi connectivity index (χ4v) is 3.22. The zero-order chi connectivity index (χ0) is 12.6. The third-order valence-electron chi connectivity index (χ3n) is 3.88. The van der Waals surface area contributed by atoms with Crippen LogP contribution in [0.2, 0.25) is 0 Å². The topological polar surface area (TPSA) is 41.5 Å². The van der Waals surface area contributed by atoms with Crippen molar-refractivity contribution in [2.75, 3.05) is 13.2 Å². The highest BCUT2D eigenvalue weighted by Gasteiger charge is 2.33. The van der Waals surface area contributed by atoms with Crippen LogP contribution in [0.4, 0.5) is 0 Å². The first-order chi connectivity index (χ1) is 8.66. The second kappa shape index (κ2) is 4.83. The van der Waals surface area contributed by atoms with Crippen LogP contribution in [0, 0.1) is 0 Å². The summed E-state index contributed by atoms with van der Waals surface area (Å²) in [6.45, 7) is 2.21. The number of fused-ring (bicyclic) bond motifs is 1. The Bertz CT molecular complexity index is 457. The maximum atomic E-state index is 10.0. The van der Waals surface area contributed by atoms with Crippen molar-refractivity contribution in [2.24, 2.45) is 0 Å². The fourth-order valence-electron chi connectivity index (χ4n) is 2.67. The number of hydrogen-bond donors (Lipinski definition) is 2. The number of nitrogens with one attached hydrogen (secondary N) is 1. The molecule has 0 radical (unpaired) electrons. The quantitative estimate of drug-likeness (QED) is 0.897. The summed E-state index contributed by atoms with van der Waals surface area (Å²) in [5, 5.41) is 13.4. The molecule has 1 saturated carbocycles. The van der Waals surface area contributed by atoms with Gasteiger partial charge in [-0.3, -0.25) is 0 Å². The highest BCUT2D eigenvalue weighted by atomic mass is 79.9. The molecule has 4 heteroatoms. The van der Waals surface area contributed by atoms with Crippen molar-refractivity contribution in [2.45, 2.75) is 37.8 Å². The van der Waals surface area contributed by atoms with Gasteiger partial charge in [-0.05, 0) is 37.0 Å². The van der Waals surface area contributed by atoms with Crippen molar-refractivity contribution in [1.29, 1.82) is 0 Å². The minimum absolute atomic E-state index is 0.462. The molecule has 1 fully saturated rings. The van der Waals surface area contributed by atoms with E-state index in [0.29, 0.717) is 6.54 Å². The van der Waals surface area contributed by atoms with E-state index in [1.807, 2.05) is 0 Å². The number of benzene rings is 1. The van der Waals surface area contributed by atoms with E-state index in [1.165, 1.54) is 11.1 Å². The van der Waals surface area contributed by atoms with E-state index in [2.05, 4.69) is 33.4 Å². The summed E-state index contributed by atoms with van der Waals surface area (Å²) >= 11 is 3.54. The summed E-state index contributed by atoms with van der Waals surface area (Å²) in [6, 6.07) is 4.23. The Morgan fingerprint density at radius 1 is 1.39 bits per heavy atom. The van der Waals surface area contributed by atoms with Crippen LogP contribution in [0.25, 0.3) is 0 Å². The molecule has 3 nitrogen and oxygen atoms in total. The Labute approximate surface area is 116 Å². The number of halogens is 1. The molecule has 1 aliphatic carbocycles. The van der Waals surface area contributed by atoms with Crippen LogP contribution >= 0.6 is 15.9 Å². The van der Waals surface area contributed by atoms with E-state index in [0.717, 1.165) is 49.1 Å². The summed E-state index contributed by atoms with van der Waals surface area (Å²) in [5.41, 5.74) is 2.00. The molecule has 0 atom stereocenters. The Balaban J connectivity index is 1.65. The van der Waals surface area contributed by atoms with E-state index in [-0.39, 0.29) is 0 Å². The van der Waals surface area contributed by atoms with Crippen molar-refractivity contribution in [3.05, 3.63) is 27.7 Å². The molecule has 3 rings (SSSR count). The van der Waals surface area contributed by atoms with Crippen molar-refractivity contribution in [1.82, 2.24) is 5.32 Å². The molecule has 1 aromatic carbocycles. The lowest BCUT2D eigenvalue weighted by molar-refractivity contribution is -0.0315. The molecule has 0 saturated heterocycles. The number of rotatable bonds is 4. The van der Waals surface area contributed by atoms with Crippen LogP contribution in [0.1, 0.15) is 30.4 Å². The van der Waals surface area contributed by atoms with Gasteiger partial charge in [-0.2, -0.15) is 0 Å². The molecule has 1 aliphatic heterocycles. The lowest BCUT2D eigenvalue weighted by Crippen LogP contribution is -2.46. The third kappa shape index (κ3) is 2.42. The van der Waals surface area contributed by atoms with Crippen LogP contribution < -0.4 is 10.1 Å². The summed E-state index contributed by atoms with van der Waals surface area (Å²) in [6.07, 6.45) is 3.99. The van der Waals surface area contributed by atoms with Gasteiger partial charge in [-0.25, -0.2) is 0 Å². The van der Waals surface area contributed by atoms with Gasteiger partial charge >= 0.3 is 0 Å². The second-order valence-corrected chi connectivity index (χ2v) is 6.25. The van der Waals surface area contributed by atoms with E-state index < -0.39 is 5.60 Å². The highest BCUT2D eigenvalue weighted by Crippen LogP contribution is 2.34. The van der Waals surface area contributed by atoms with E-state index in [1.54, 1.807) is 0 Å². The van der Waals surface area contributed by atoms with Gasteiger partial charge in [-0.15, -0.1) is 0 Å². The summed E-state index contributed by atoms with van der Waals surface area (Å²) in [7, 11) is 0. The van der Waals surface area contributed by atoms with Gasteiger partial charge in [0.1, 0.15) is 5.75 Å². The molecule has 0 bridgehead atoms. The first kappa shape index (κ1) is 12.5. The normalized spacial score (nSPS) is 20.1. The van der Waals surface area contributed by atoms with Crippen molar-refractivity contribution in [3.63, 3.8) is 0 Å². The molecule has 2 aliphatic rings. The van der Waals surface area contributed by atoms with Crippen LogP contribution in [-0.4, -0.2) is 23.9 Å². The lowest BCUT2D eigenvalue weighted by atomic mass is 9.80. The Kier molecular flexibility index (Phi) is 3.34. The number of hydrogen-bond acceptors (Lipinski definition) is 3. The number of ether oxygens (including phenoxy) is 1. The molecule has 0 unspecified atom stereocenters. The minimum atomic E-state index is -0.462. The van der Waals surface area contributed by atoms with Crippen molar-refractivity contribution >= 4 is 15.9 Å². The van der Waals surface area contributed by atoms with Gasteiger partial charge in [0, 0.05) is 29.5 Å². The molecule has 1 heterocycles. The largest absolute Gasteiger partial charge is 0.493 e. The van der Waals surface area contributed by atoms with Gasteiger partial charge in [0.2, 0.25) is 0 Å². The van der Waals surface area contributed by atoms with Gasteiger partial charge in [-0.1, -0.05) is 15.9 Å². The van der Waals surface area contributed by atoms with E-state index in [4.69, 9.17) is 4.74 Å². The van der Waals surface area contributed by atoms with Crippen LogP contribution in [0.5, 0.6) is 5.75 Å². The van der Waals surface area contributed by atoms with Crippen LogP contribution in [-0.2, 0) is 13.0 Å². The average Bonchev–Trinajstić information content (AvgIpc) is 2.74. The molecule has 18 heavy (non-hydrogen) atoms. The monoisotopic (exact) mass is 311 g/mol. The smallest absolute Gasteiger partial charge is 0.127 e. The fraction of sp³-hybridized carbons (Fsp3) is 0.571. The summed E-state index contributed by atoms with van der Waals surface area (Å²) in [5.74, 6) is 1.03. The molecule has 0 amide bonds. The van der Waals surface area contributed by atoms with Gasteiger partial charge < -0.3 is 15.2 Å². The predicted octanol–water partition coefficient (Wildman–Crippen LogP) is 2.39. The predicted molar refractivity (Wildman–Crippen MR) is 73.8 cm³/mol. The Morgan fingerprint density at radius 2 is 2.22 bits per heavy atom. The minimum Gasteiger partial charge on any atom is -0.493 e. The van der Waals surface area contributed by atoms with Crippen LogP contribution in [0.3, 0.4) is 0 Å². The van der Waals surface area contributed by atoms with E-state index >= 15 is 0 Å². The third-order valence-corrected chi connectivity index (χ3v) is 4.34. The van der Waals surface area contributed by atoms with Crippen molar-refractivity contribution in [3.8, 4) is 5.75 Å². The van der Waals surface area contributed by atoms with E-state index in [9.17, 15) is 5.11 Å². The summed E-state index contributed by atoms with van der Waals surface area (Å²) < 4.78 is 6.79. The zero-order valence-electron chi connectivity index (χ0n) is 10.3. The average molecular weight is 312 g/mol. The number of aliphatic hydroxyl groups is 1. The SMILES string of the molecule is OC1(CNCc2cc(Br)cc3c2OCC3)CCC1. The lowest BCUT2D eigenvalue weighted by Gasteiger charge is -2.36. The molecular weight excluding hydrogens is 294 g/mol. The van der Waals surface area contributed by atoms with Crippen LogP contribution in [0.15, 0.2) is 16.6 Å². The molecule has 0 spiro atoms. The maximum absolute atomic E-state index is 10.0. The Hall–Kier alpha value is -0.580. The van der Waals surface area contributed by atoms with Gasteiger partial charge in [0.05, 0.1) is 12.2 Å². The van der Waals surface area contributed by atoms with Gasteiger partial charge in [0.15, 0.2) is 0 Å². The molecule has 0 aromatic heterocycles. The molecular formula is C14H18BrNO2. The first-order valence-electron chi connectivity index (χ1n) is 6.53. The standard InChI is InChI=1S/C14H18BrNO2/c15-12-6-10-2-5-18-13(10)11(7-12)8-16-9-14(17)3-1-4-14/h6-7,16-17H,1-5,8-9H2. The first-order valence-corrected chi connectivity index (χ1v) is 7.33. The van der Waals surface area contributed by atoms with Gasteiger partial charge in [0.25, 0.3) is 0 Å². The zero-order valence-corrected chi connectivity index (χ0v) is 11.9. The maximum Gasteiger partial charge on any atom is 0.127 e. The molecule has 2 N–H and O–H groups in total. The summed E-state index contributed by atoms with van der Waals surface area (Å²) in [4.78, 5) is 0. The van der Waals surface area contributed by atoms with Crippen molar-refractivity contribution < 1.29 is 9.84 Å². The molecule has 1 aromatic rings. The second-order valence-electron chi connectivity index (χ2n) is 5.33.